The Morgan fingerprint density at radius 3 is 2.80 bits per heavy atom. The van der Waals surface area contributed by atoms with Gasteiger partial charge in [0.25, 0.3) is 10.1 Å². The van der Waals surface area contributed by atoms with Crippen molar-refractivity contribution >= 4 is 10.1 Å². The predicted molar refractivity (Wildman–Crippen MR) is 53.9 cm³/mol. The van der Waals surface area contributed by atoms with Crippen molar-refractivity contribution in [3.05, 3.63) is 18.0 Å². The van der Waals surface area contributed by atoms with Gasteiger partial charge in [-0.1, -0.05) is 0 Å². The summed E-state index contributed by atoms with van der Waals surface area (Å²) in [4.78, 5) is 0. The van der Waals surface area contributed by atoms with E-state index < -0.39 is 10.1 Å². The maximum Gasteiger partial charge on any atom is 0.264 e. The van der Waals surface area contributed by atoms with Gasteiger partial charge < -0.3 is 4.74 Å². The van der Waals surface area contributed by atoms with E-state index in [9.17, 15) is 8.42 Å². The molecular weight excluding hydrogens is 220 g/mol. The molecule has 0 fully saturated rings. The van der Waals surface area contributed by atoms with Crippen molar-refractivity contribution in [2.45, 2.75) is 6.42 Å². The number of hydrogen-bond donors (Lipinski definition) is 1. The van der Waals surface area contributed by atoms with Gasteiger partial charge in [-0.2, -0.15) is 13.5 Å². The van der Waals surface area contributed by atoms with Gasteiger partial charge >= 0.3 is 0 Å². The molecule has 0 saturated carbocycles. The van der Waals surface area contributed by atoms with Gasteiger partial charge in [-0.05, 0) is 6.07 Å². The van der Waals surface area contributed by atoms with E-state index in [1.54, 1.807) is 6.20 Å². The van der Waals surface area contributed by atoms with Crippen LogP contribution in [0.25, 0.3) is 0 Å². The van der Waals surface area contributed by atoms with Crippen LogP contribution >= 0.6 is 0 Å². The zero-order chi connectivity index (χ0) is 11.1. The van der Waals surface area contributed by atoms with Crippen LogP contribution in [0.4, 0.5) is 0 Å². The fourth-order valence-electron chi connectivity index (χ4n) is 0.952. The molecule has 0 aliphatic carbocycles. The molecule has 15 heavy (non-hydrogen) atoms. The fraction of sp³-hybridized carbons (Fsp3) is 0.625. The largest absolute Gasteiger partial charge is 0.379 e. The summed E-state index contributed by atoms with van der Waals surface area (Å²) in [6.07, 6.45) is 3.40. The minimum atomic E-state index is -3.35. The van der Waals surface area contributed by atoms with Crippen molar-refractivity contribution in [2.24, 2.45) is 0 Å². The maximum atomic E-state index is 10.6. The lowest BCUT2D eigenvalue weighted by atomic mass is 10.3. The van der Waals surface area contributed by atoms with E-state index in [1.165, 1.54) is 0 Å². The van der Waals surface area contributed by atoms with E-state index in [2.05, 4.69) is 14.4 Å². The molecule has 0 aliphatic rings. The quantitative estimate of drug-likeness (QED) is 0.528. The fourth-order valence-corrected chi connectivity index (χ4v) is 1.32. The van der Waals surface area contributed by atoms with E-state index in [0.717, 1.165) is 18.4 Å². The summed E-state index contributed by atoms with van der Waals surface area (Å²) >= 11 is 0. The van der Waals surface area contributed by atoms with Crippen LogP contribution in [0.1, 0.15) is 5.69 Å². The molecule has 86 valence electrons. The van der Waals surface area contributed by atoms with Gasteiger partial charge in [0.1, 0.15) is 0 Å². The van der Waals surface area contributed by atoms with Crippen LogP contribution in [0.3, 0.4) is 0 Å². The molecule has 0 aromatic carbocycles. The Hall–Kier alpha value is -0.920. The lowest BCUT2D eigenvalue weighted by molar-refractivity contribution is 0.104. The molecule has 1 N–H and O–H groups in total. The van der Waals surface area contributed by atoms with Gasteiger partial charge in [-0.15, -0.1) is 0 Å². The third kappa shape index (κ3) is 6.21. The SMILES string of the molecule is CS(=O)(=O)OCCOCCc1ccn[nH]1. The van der Waals surface area contributed by atoms with Crippen molar-refractivity contribution in [1.82, 2.24) is 10.2 Å². The Bertz CT molecular complexity index is 360. The van der Waals surface area contributed by atoms with Gasteiger partial charge in [0.2, 0.25) is 0 Å². The van der Waals surface area contributed by atoms with Gasteiger partial charge in [0, 0.05) is 18.3 Å². The minimum absolute atomic E-state index is 0.0574. The van der Waals surface area contributed by atoms with Crippen LogP contribution in [-0.4, -0.2) is 44.7 Å². The standard InChI is InChI=1S/C8H14N2O4S/c1-15(11,12)14-7-6-13-5-3-8-2-4-9-10-8/h2,4H,3,5-7H2,1H3,(H,9,10). The van der Waals surface area contributed by atoms with Gasteiger partial charge in [0.05, 0.1) is 26.1 Å². The number of nitrogens with zero attached hydrogens (tertiary/aromatic N) is 1. The summed E-state index contributed by atoms with van der Waals surface area (Å²) in [5, 5.41) is 6.58. The lowest BCUT2D eigenvalue weighted by Gasteiger charge is -2.02. The highest BCUT2D eigenvalue weighted by molar-refractivity contribution is 7.85. The number of rotatable bonds is 7. The van der Waals surface area contributed by atoms with Crippen molar-refractivity contribution in [1.29, 1.82) is 0 Å². The third-order valence-electron chi connectivity index (χ3n) is 1.60. The summed E-state index contributed by atoms with van der Waals surface area (Å²) < 4.78 is 30.8. The normalized spacial score (nSPS) is 11.8. The minimum Gasteiger partial charge on any atom is -0.379 e. The number of nitrogens with one attached hydrogen (secondary N) is 1. The summed E-state index contributed by atoms with van der Waals surface area (Å²) in [6.45, 7) is 0.832. The zero-order valence-corrected chi connectivity index (χ0v) is 9.29. The van der Waals surface area contributed by atoms with Crippen LogP contribution < -0.4 is 0 Å². The highest BCUT2D eigenvalue weighted by Gasteiger charge is 2.00. The zero-order valence-electron chi connectivity index (χ0n) is 8.47. The van der Waals surface area contributed by atoms with Crippen molar-refractivity contribution < 1.29 is 17.3 Å². The Morgan fingerprint density at radius 2 is 2.20 bits per heavy atom. The molecule has 1 aromatic rings. The molecule has 1 heterocycles. The summed E-state index contributed by atoms with van der Waals surface area (Å²) in [5.74, 6) is 0. The van der Waals surface area contributed by atoms with E-state index in [4.69, 9.17) is 4.74 Å². The molecule has 0 amide bonds. The van der Waals surface area contributed by atoms with Crippen LogP contribution in [0.15, 0.2) is 12.3 Å². The molecule has 0 unspecified atom stereocenters. The number of aromatic amines is 1. The van der Waals surface area contributed by atoms with Crippen LogP contribution in [0.5, 0.6) is 0 Å². The summed E-state index contributed by atoms with van der Waals surface area (Å²) in [7, 11) is -3.35. The second-order valence-corrected chi connectivity index (χ2v) is 4.61. The second kappa shape index (κ2) is 5.84. The number of ether oxygens (including phenoxy) is 1. The molecule has 6 nitrogen and oxygen atoms in total. The van der Waals surface area contributed by atoms with Crippen LogP contribution in [-0.2, 0) is 25.5 Å². The Balaban J connectivity index is 1.99. The number of hydrogen-bond acceptors (Lipinski definition) is 5. The molecule has 7 heteroatoms. The van der Waals surface area contributed by atoms with E-state index >= 15 is 0 Å². The molecule has 1 aromatic heterocycles. The molecule has 1 rings (SSSR count). The van der Waals surface area contributed by atoms with Crippen molar-refractivity contribution in [3.63, 3.8) is 0 Å². The van der Waals surface area contributed by atoms with Crippen molar-refractivity contribution in [3.8, 4) is 0 Å². The molecule has 0 saturated heterocycles. The Labute approximate surface area is 88.7 Å². The van der Waals surface area contributed by atoms with Crippen LogP contribution in [0.2, 0.25) is 0 Å². The topological polar surface area (TPSA) is 81.3 Å². The predicted octanol–water partition coefficient (Wildman–Crippen LogP) is -0.0550. The van der Waals surface area contributed by atoms with E-state index in [-0.39, 0.29) is 13.2 Å². The summed E-state index contributed by atoms with van der Waals surface area (Å²) in [5.41, 5.74) is 0.985. The molecule has 0 spiro atoms. The van der Waals surface area contributed by atoms with Gasteiger partial charge in [-0.25, -0.2) is 0 Å². The Kier molecular flexibility index (Phi) is 4.73. The smallest absolute Gasteiger partial charge is 0.264 e. The first kappa shape index (κ1) is 12.2. The average molecular weight is 234 g/mol. The Morgan fingerprint density at radius 1 is 1.40 bits per heavy atom. The van der Waals surface area contributed by atoms with Crippen molar-refractivity contribution in [2.75, 3.05) is 26.1 Å². The number of aromatic nitrogens is 2. The maximum absolute atomic E-state index is 10.6. The lowest BCUT2D eigenvalue weighted by Crippen LogP contribution is -2.10. The highest BCUT2D eigenvalue weighted by Crippen LogP contribution is 1.93. The molecule has 0 bridgehead atoms. The van der Waals surface area contributed by atoms with Gasteiger partial charge in [-0.3, -0.25) is 9.28 Å². The average Bonchev–Trinajstić information content (AvgIpc) is 2.61. The molecular formula is C8H14N2O4S. The highest BCUT2D eigenvalue weighted by atomic mass is 32.2. The first-order valence-corrected chi connectivity index (χ1v) is 6.30. The van der Waals surface area contributed by atoms with Crippen LogP contribution in [0, 0.1) is 0 Å². The summed E-state index contributed by atoms with van der Waals surface area (Å²) in [6, 6.07) is 1.86. The van der Waals surface area contributed by atoms with E-state index in [0.29, 0.717) is 6.61 Å². The number of H-pyrrole nitrogens is 1. The third-order valence-corrected chi connectivity index (χ3v) is 2.19. The second-order valence-electron chi connectivity index (χ2n) is 2.97. The van der Waals surface area contributed by atoms with E-state index in [1.807, 2.05) is 6.07 Å². The monoisotopic (exact) mass is 234 g/mol. The van der Waals surface area contributed by atoms with Gasteiger partial charge in [0.15, 0.2) is 0 Å². The first-order chi connectivity index (χ1) is 7.08. The molecule has 0 aliphatic heterocycles. The molecule has 0 radical (unpaired) electrons. The molecule has 0 atom stereocenters. The first-order valence-electron chi connectivity index (χ1n) is 4.48.